The first-order valence-electron chi connectivity index (χ1n) is 30.8. The third-order valence-electron chi connectivity index (χ3n) is 14.7. The molecule has 400 valence electrons. The second-order valence-electron chi connectivity index (χ2n) is 21.4. The van der Waals surface area contributed by atoms with Crippen molar-refractivity contribution in [1.82, 2.24) is 5.32 Å². The summed E-state index contributed by atoms with van der Waals surface area (Å²) < 4.78 is 5.50. The fraction of sp³-hybridized carbons (Fsp3) is 0.967. The lowest BCUT2D eigenvalue weighted by Crippen LogP contribution is -2.45. The van der Waals surface area contributed by atoms with E-state index < -0.39 is 12.1 Å². The van der Waals surface area contributed by atoms with Gasteiger partial charge >= 0.3 is 5.97 Å². The lowest BCUT2D eigenvalue weighted by molar-refractivity contribution is -0.143. The topological polar surface area (TPSA) is 95.9 Å². The number of aliphatic hydroxyl groups is 2. The molecule has 0 radical (unpaired) electrons. The van der Waals surface area contributed by atoms with Gasteiger partial charge in [-0.1, -0.05) is 316 Å². The minimum atomic E-state index is -0.664. The van der Waals surface area contributed by atoms with Gasteiger partial charge in [-0.2, -0.15) is 0 Å². The van der Waals surface area contributed by atoms with Crippen molar-refractivity contribution in [2.75, 3.05) is 13.2 Å². The van der Waals surface area contributed by atoms with E-state index in [-0.39, 0.29) is 18.5 Å². The third-order valence-corrected chi connectivity index (χ3v) is 14.7. The number of aliphatic hydroxyl groups excluding tert-OH is 2. The summed E-state index contributed by atoms with van der Waals surface area (Å²) in [6.07, 6.45) is 66.8. The van der Waals surface area contributed by atoms with Gasteiger partial charge in [0.05, 0.1) is 25.4 Å². The molecule has 0 aromatic carbocycles. The Morgan fingerprint density at radius 3 is 0.910 bits per heavy atom. The molecule has 2 unspecified atom stereocenters. The third kappa shape index (κ3) is 54.0. The molecule has 0 bridgehead atoms. The van der Waals surface area contributed by atoms with Gasteiger partial charge < -0.3 is 20.3 Å². The lowest BCUT2D eigenvalue weighted by Gasteiger charge is -2.22. The Kier molecular flexibility index (Phi) is 56.5. The van der Waals surface area contributed by atoms with Crippen molar-refractivity contribution in [3.05, 3.63) is 0 Å². The quantitative estimate of drug-likeness (QED) is 0.0417. The van der Waals surface area contributed by atoms with Crippen molar-refractivity contribution in [3.63, 3.8) is 0 Å². The molecule has 2 atom stereocenters. The summed E-state index contributed by atoms with van der Waals surface area (Å²) in [4.78, 5) is 24.6. The molecule has 0 aliphatic rings. The fourth-order valence-electron chi connectivity index (χ4n) is 9.94. The maximum atomic E-state index is 12.5. The van der Waals surface area contributed by atoms with Gasteiger partial charge in [0.15, 0.2) is 0 Å². The molecule has 67 heavy (non-hydrogen) atoms. The van der Waals surface area contributed by atoms with Crippen LogP contribution >= 0.6 is 0 Å². The van der Waals surface area contributed by atoms with Gasteiger partial charge in [-0.25, -0.2) is 0 Å². The highest BCUT2D eigenvalue weighted by Crippen LogP contribution is 2.18. The number of unbranched alkanes of at least 4 members (excludes halogenated alkanes) is 47. The maximum Gasteiger partial charge on any atom is 0.305 e. The monoisotopic (exact) mass is 948 g/mol. The van der Waals surface area contributed by atoms with E-state index in [4.69, 9.17) is 4.74 Å². The van der Waals surface area contributed by atoms with Crippen LogP contribution in [0.15, 0.2) is 0 Å². The molecule has 0 aromatic rings. The van der Waals surface area contributed by atoms with Crippen molar-refractivity contribution >= 4 is 11.9 Å². The van der Waals surface area contributed by atoms with E-state index in [9.17, 15) is 19.8 Å². The number of carbonyl (C=O) groups is 2. The number of esters is 1. The van der Waals surface area contributed by atoms with Crippen LogP contribution in [0.2, 0.25) is 0 Å². The average molecular weight is 949 g/mol. The van der Waals surface area contributed by atoms with Gasteiger partial charge in [-0.3, -0.25) is 9.59 Å². The number of nitrogens with one attached hydrogen (secondary N) is 1. The zero-order chi connectivity index (χ0) is 48.6. The zero-order valence-electron chi connectivity index (χ0n) is 45.7. The summed E-state index contributed by atoms with van der Waals surface area (Å²) in [5.74, 6) is -0.0211. The van der Waals surface area contributed by atoms with Crippen LogP contribution in [0.5, 0.6) is 0 Å². The van der Waals surface area contributed by atoms with Crippen molar-refractivity contribution in [2.24, 2.45) is 0 Å². The van der Waals surface area contributed by atoms with E-state index in [1.807, 2.05) is 0 Å². The van der Waals surface area contributed by atoms with Crippen LogP contribution < -0.4 is 5.32 Å². The second kappa shape index (κ2) is 57.4. The normalized spacial score (nSPS) is 12.5. The Hall–Kier alpha value is -1.14. The Labute approximate surface area is 419 Å². The van der Waals surface area contributed by atoms with Gasteiger partial charge in [-0.05, 0) is 25.7 Å². The lowest BCUT2D eigenvalue weighted by atomic mass is 10.0. The second-order valence-corrected chi connectivity index (χ2v) is 21.4. The van der Waals surface area contributed by atoms with Crippen LogP contribution in [0.3, 0.4) is 0 Å². The van der Waals surface area contributed by atoms with Crippen LogP contribution in [0.1, 0.15) is 354 Å². The summed E-state index contributed by atoms with van der Waals surface area (Å²) in [5, 5.41) is 23.2. The Balaban J connectivity index is 3.35. The highest BCUT2D eigenvalue weighted by molar-refractivity contribution is 5.76. The minimum absolute atomic E-state index is 0.0144. The molecule has 0 saturated carbocycles. The molecule has 1 amide bonds. The van der Waals surface area contributed by atoms with Crippen molar-refractivity contribution in [2.45, 2.75) is 366 Å². The van der Waals surface area contributed by atoms with Gasteiger partial charge in [0.25, 0.3) is 0 Å². The van der Waals surface area contributed by atoms with Crippen LogP contribution in [0.25, 0.3) is 0 Å². The number of amides is 1. The van der Waals surface area contributed by atoms with Crippen LogP contribution in [-0.4, -0.2) is 47.4 Å². The number of carbonyl (C=O) groups excluding carboxylic acids is 2. The maximum absolute atomic E-state index is 12.5. The van der Waals surface area contributed by atoms with Gasteiger partial charge in [0.2, 0.25) is 5.91 Å². The molecule has 3 N–H and O–H groups in total. The van der Waals surface area contributed by atoms with Crippen LogP contribution in [0.4, 0.5) is 0 Å². The predicted octanol–water partition coefficient (Wildman–Crippen LogP) is 19.1. The van der Waals surface area contributed by atoms with Gasteiger partial charge in [0, 0.05) is 12.8 Å². The van der Waals surface area contributed by atoms with E-state index in [0.717, 1.165) is 38.5 Å². The molecule has 6 nitrogen and oxygen atoms in total. The summed E-state index contributed by atoms with van der Waals surface area (Å²) >= 11 is 0. The Bertz CT molecular complexity index is 959. The molecule has 0 rings (SSSR count). The molecule has 0 saturated heterocycles. The Morgan fingerprint density at radius 2 is 0.612 bits per heavy atom. The summed E-state index contributed by atoms with van der Waals surface area (Å²) in [5.41, 5.74) is 0. The number of hydrogen-bond acceptors (Lipinski definition) is 5. The van der Waals surface area contributed by atoms with E-state index in [2.05, 4.69) is 19.2 Å². The van der Waals surface area contributed by atoms with E-state index in [0.29, 0.717) is 25.9 Å². The zero-order valence-corrected chi connectivity index (χ0v) is 45.7. The van der Waals surface area contributed by atoms with E-state index in [1.54, 1.807) is 0 Å². The first kappa shape index (κ1) is 65.9. The first-order valence-corrected chi connectivity index (χ1v) is 30.8. The van der Waals surface area contributed by atoms with E-state index in [1.165, 1.54) is 283 Å². The van der Waals surface area contributed by atoms with Crippen LogP contribution in [-0.2, 0) is 14.3 Å². The highest BCUT2D eigenvalue weighted by atomic mass is 16.5. The SMILES string of the molecule is CCCCCCCCCCCCCCCCCCCCC(=O)OCCCCCCCCCCCCCCCCCCCCCC(=O)NC(CO)C(O)CCCCCCCCCCCCCCC. The molecular formula is C61H121NO5. The van der Waals surface area contributed by atoms with Gasteiger partial charge in [0.1, 0.15) is 0 Å². The molecule has 0 aromatic heterocycles. The first-order chi connectivity index (χ1) is 33.0. The molecule has 0 fully saturated rings. The minimum Gasteiger partial charge on any atom is -0.466 e. The van der Waals surface area contributed by atoms with E-state index >= 15 is 0 Å². The summed E-state index contributed by atoms with van der Waals surface area (Å²) in [6.45, 7) is 4.98. The largest absolute Gasteiger partial charge is 0.466 e. The standard InChI is InChI=1S/C61H121NO5/c1-3-5-7-9-11-13-15-17-18-19-24-27-31-35-39-43-47-51-55-61(66)67-56-52-48-44-40-36-32-28-25-22-20-21-23-26-30-34-38-42-46-50-54-60(65)62-58(57-63)59(64)53-49-45-41-37-33-29-16-14-12-10-8-6-4-2/h58-59,63-64H,3-57H2,1-2H3,(H,62,65). The predicted molar refractivity (Wildman–Crippen MR) is 292 cm³/mol. The van der Waals surface area contributed by atoms with Gasteiger partial charge in [-0.15, -0.1) is 0 Å². The van der Waals surface area contributed by atoms with Crippen LogP contribution in [0, 0.1) is 0 Å². The number of hydrogen-bond donors (Lipinski definition) is 3. The number of rotatable bonds is 58. The Morgan fingerprint density at radius 1 is 0.358 bits per heavy atom. The molecular weight excluding hydrogens is 827 g/mol. The summed E-state index contributed by atoms with van der Waals surface area (Å²) in [6, 6.07) is -0.541. The molecule has 0 spiro atoms. The average Bonchev–Trinajstić information content (AvgIpc) is 3.33. The van der Waals surface area contributed by atoms with Crippen molar-refractivity contribution in [3.8, 4) is 0 Å². The number of ether oxygens (including phenoxy) is 1. The molecule has 6 heteroatoms. The van der Waals surface area contributed by atoms with Crippen molar-refractivity contribution < 1.29 is 24.5 Å². The fourth-order valence-corrected chi connectivity index (χ4v) is 9.94. The molecule has 0 aliphatic carbocycles. The summed E-state index contributed by atoms with van der Waals surface area (Å²) in [7, 11) is 0. The van der Waals surface area contributed by atoms with Crippen molar-refractivity contribution in [1.29, 1.82) is 0 Å². The smallest absolute Gasteiger partial charge is 0.305 e. The molecule has 0 heterocycles. The molecule has 0 aliphatic heterocycles. The highest BCUT2D eigenvalue weighted by Gasteiger charge is 2.20.